The van der Waals surface area contributed by atoms with Crippen molar-refractivity contribution in [1.82, 2.24) is 14.7 Å². The van der Waals surface area contributed by atoms with Gasteiger partial charge in [-0.05, 0) is 37.3 Å². The summed E-state index contributed by atoms with van der Waals surface area (Å²) in [6.07, 6.45) is 1.47. The number of pyridine rings is 1. The van der Waals surface area contributed by atoms with Crippen molar-refractivity contribution in [2.24, 2.45) is 0 Å². The fourth-order valence-corrected chi connectivity index (χ4v) is 3.13. The zero-order chi connectivity index (χ0) is 22.0. The topological polar surface area (TPSA) is 90.0 Å². The summed E-state index contributed by atoms with van der Waals surface area (Å²) in [7, 11) is 0. The van der Waals surface area contributed by atoms with Crippen LogP contribution < -0.4 is 10.9 Å². The van der Waals surface area contributed by atoms with Crippen LogP contribution in [0.5, 0.6) is 0 Å². The second-order valence-electron chi connectivity index (χ2n) is 6.82. The minimum absolute atomic E-state index is 0.0527. The van der Waals surface area contributed by atoms with Gasteiger partial charge in [0, 0.05) is 11.8 Å². The number of hydrogen-bond donors (Lipinski definition) is 1. The lowest BCUT2D eigenvalue weighted by atomic mass is 10.1. The Morgan fingerprint density at radius 3 is 2.71 bits per heavy atom. The fourth-order valence-electron chi connectivity index (χ4n) is 2.91. The Labute approximate surface area is 181 Å². The number of aryl methyl sites for hydroxylation is 1. The van der Waals surface area contributed by atoms with Gasteiger partial charge in [-0.15, -0.1) is 0 Å². The molecule has 31 heavy (non-hydrogen) atoms. The van der Waals surface area contributed by atoms with Crippen LogP contribution in [0.3, 0.4) is 0 Å². The monoisotopic (exact) mass is 438 g/mol. The van der Waals surface area contributed by atoms with Gasteiger partial charge in [0.05, 0.1) is 10.7 Å². The Hall–Kier alpha value is -3.78. The summed E-state index contributed by atoms with van der Waals surface area (Å²) < 4.78 is 19.6. The molecule has 0 spiro atoms. The largest absolute Gasteiger partial charge is 0.333 e. The number of rotatable bonds is 5. The molecule has 2 heterocycles. The molecule has 0 atom stereocenters. The van der Waals surface area contributed by atoms with Gasteiger partial charge in [0.25, 0.3) is 11.4 Å². The average Bonchev–Trinajstić information content (AvgIpc) is 3.22. The molecular weight excluding hydrogens is 423 g/mol. The van der Waals surface area contributed by atoms with Gasteiger partial charge < -0.3 is 14.4 Å². The molecular formula is C22H16ClFN4O3. The highest BCUT2D eigenvalue weighted by atomic mass is 35.5. The van der Waals surface area contributed by atoms with Crippen molar-refractivity contribution in [3.63, 3.8) is 0 Å². The first-order valence-electron chi connectivity index (χ1n) is 9.26. The summed E-state index contributed by atoms with van der Waals surface area (Å²) in [5, 5.41) is 6.55. The van der Waals surface area contributed by atoms with E-state index in [1.165, 1.54) is 22.9 Å². The molecule has 9 heteroatoms. The number of benzene rings is 2. The third-order valence-electron chi connectivity index (χ3n) is 4.51. The molecule has 0 aliphatic rings. The molecule has 2 aromatic carbocycles. The predicted molar refractivity (Wildman–Crippen MR) is 114 cm³/mol. The smallest absolute Gasteiger partial charge is 0.263 e. The lowest BCUT2D eigenvalue weighted by molar-refractivity contribution is -0.116. The summed E-state index contributed by atoms with van der Waals surface area (Å²) in [4.78, 5) is 29.5. The molecule has 1 amide bonds. The van der Waals surface area contributed by atoms with E-state index < -0.39 is 17.3 Å². The van der Waals surface area contributed by atoms with E-state index in [0.29, 0.717) is 5.82 Å². The van der Waals surface area contributed by atoms with Crippen LogP contribution in [-0.2, 0) is 11.3 Å². The number of nitrogens with one attached hydrogen (secondary N) is 1. The molecule has 156 valence electrons. The summed E-state index contributed by atoms with van der Waals surface area (Å²) in [6.45, 7) is 1.69. The fraction of sp³-hybridized carbons (Fsp3) is 0.0909. The molecule has 0 bridgehead atoms. The second-order valence-corrected chi connectivity index (χ2v) is 7.22. The molecule has 4 rings (SSSR count). The maximum atomic E-state index is 13.2. The van der Waals surface area contributed by atoms with Gasteiger partial charge in [0.15, 0.2) is 0 Å². The van der Waals surface area contributed by atoms with Crippen LogP contribution in [-0.4, -0.2) is 20.6 Å². The first-order chi connectivity index (χ1) is 14.9. The molecule has 1 N–H and O–H groups in total. The molecule has 0 unspecified atom stereocenters. The average molecular weight is 439 g/mol. The van der Waals surface area contributed by atoms with E-state index in [2.05, 4.69) is 15.5 Å². The van der Waals surface area contributed by atoms with Crippen molar-refractivity contribution in [3.05, 3.63) is 87.6 Å². The molecule has 0 aliphatic carbocycles. The van der Waals surface area contributed by atoms with Gasteiger partial charge in [-0.25, -0.2) is 4.39 Å². The number of hydrogen-bond acceptors (Lipinski definition) is 5. The van der Waals surface area contributed by atoms with Gasteiger partial charge in [-0.3, -0.25) is 9.59 Å². The number of nitrogens with zero attached hydrogens (tertiary/aromatic N) is 3. The Balaban J connectivity index is 1.55. The van der Waals surface area contributed by atoms with Gasteiger partial charge in [-0.2, -0.15) is 4.98 Å². The third kappa shape index (κ3) is 4.54. The standard InChI is InChI=1S/C22H16ClFN4O3/c1-13-4-6-14(7-5-13)20-26-21(31-27-20)16-3-2-10-28(22(16)30)12-19(29)25-18-9-8-15(24)11-17(18)23/h2-11H,12H2,1H3,(H,25,29). The lowest BCUT2D eigenvalue weighted by Gasteiger charge is -2.09. The van der Waals surface area contributed by atoms with E-state index >= 15 is 0 Å². The highest BCUT2D eigenvalue weighted by Gasteiger charge is 2.16. The van der Waals surface area contributed by atoms with E-state index in [4.69, 9.17) is 16.1 Å². The van der Waals surface area contributed by atoms with E-state index in [1.807, 2.05) is 31.2 Å². The van der Waals surface area contributed by atoms with Crippen LogP contribution in [0.15, 0.2) is 70.1 Å². The van der Waals surface area contributed by atoms with Crippen molar-refractivity contribution in [2.45, 2.75) is 13.5 Å². The van der Waals surface area contributed by atoms with E-state index in [-0.39, 0.29) is 28.7 Å². The first kappa shape index (κ1) is 20.5. The number of halogens is 2. The normalized spacial score (nSPS) is 10.8. The van der Waals surface area contributed by atoms with Crippen molar-refractivity contribution in [3.8, 4) is 22.8 Å². The lowest BCUT2D eigenvalue weighted by Crippen LogP contribution is -2.28. The second kappa shape index (κ2) is 8.53. The first-order valence-corrected chi connectivity index (χ1v) is 9.64. The number of aromatic nitrogens is 3. The maximum absolute atomic E-state index is 13.2. The van der Waals surface area contributed by atoms with E-state index in [1.54, 1.807) is 12.1 Å². The SMILES string of the molecule is Cc1ccc(-c2noc(-c3cccn(CC(=O)Nc4ccc(F)cc4Cl)c3=O)n2)cc1. The number of amides is 1. The highest BCUT2D eigenvalue weighted by Crippen LogP contribution is 2.23. The quantitative estimate of drug-likeness (QED) is 0.501. The van der Waals surface area contributed by atoms with Crippen LogP contribution >= 0.6 is 11.6 Å². The summed E-state index contributed by atoms with van der Waals surface area (Å²) in [6, 6.07) is 14.3. The number of carbonyl (C=O) groups is 1. The maximum Gasteiger partial charge on any atom is 0.263 e. The van der Waals surface area contributed by atoms with Gasteiger partial charge >= 0.3 is 0 Å². The molecule has 0 saturated carbocycles. The Morgan fingerprint density at radius 2 is 1.97 bits per heavy atom. The molecule has 0 saturated heterocycles. The van der Waals surface area contributed by atoms with Crippen LogP contribution in [0.2, 0.25) is 5.02 Å². The van der Waals surface area contributed by atoms with Gasteiger partial charge in [0.2, 0.25) is 11.7 Å². The molecule has 0 aliphatic heterocycles. The van der Waals surface area contributed by atoms with Gasteiger partial charge in [-0.1, -0.05) is 46.6 Å². The Morgan fingerprint density at radius 1 is 1.19 bits per heavy atom. The summed E-state index contributed by atoms with van der Waals surface area (Å²) in [5.41, 5.74) is 1.80. The van der Waals surface area contributed by atoms with Crippen LogP contribution in [0.25, 0.3) is 22.8 Å². The molecule has 4 aromatic rings. The summed E-state index contributed by atoms with van der Waals surface area (Å²) >= 11 is 5.92. The van der Waals surface area contributed by atoms with Crippen LogP contribution in [0.4, 0.5) is 10.1 Å². The van der Waals surface area contributed by atoms with E-state index in [0.717, 1.165) is 17.2 Å². The zero-order valence-corrected chi connectivity index (χ0v) is 17.1. The van der Waals surface area contributed by atoms with E-state index in [9.17, 15) is 14.0 Å². The predicted octanol–water partition coefficient (Wildman–Crippen LogP) is 4.30. The van der Waals surface area contributed by atoms with Crippen molar-refractivity contribution >= 4 is 23.2 Å². The third-order valence-corrected chi connectivity index (χ3v) is 4.82. The minimum atomic E-state index is -0.517. The van der Waals surface area contributed by atoms with Crippen molar-refractivity contribution in [2.75, 3.05) is 5.32 Å². The molecule has 2 aromatic heterocycles. The molecule has 7 nitrogen and oxygen atoms in total. The summed E-state index contributed by atoms with van der Waals surface area (Å²) in [5.74, 6) is -0.611. The molecule has 0 radical (unpaired) electrons. The number of anilines is 1. The Bertz CT molecular complexity index is 1320. The Kier molecular flexibility index (Phi) is 5.64. The van der Waals surface area contributed by atoms with Gasteiger partial charge in [0.1, 0.15) is 17.9 Å². The zero-order valence-electron chi connectivity index (χ0n) is 16.3. The van der Waals surface area contributed by atoms with Crippen LogP contribution in [0, 0.1) is 12.7 Å². The van der Waals surface area contributed by atoms with Crippen molar-refractivity contribution < 1.29 is 13.7 Å². The van der Waals surface area contributed by atoms with Crippen LogP contribution in [0.1, 0.15) is 5.56 Å². The minimum Gasteiger partial charge on any atom is -0.333 e. The molecule has 0 fully saturated rings. The van der Waals surface area contributed by atoms with Crippen molar-refractivity contribution in [1.29, 1.82) is 0 Å². The highest BCUT2D eigenvalue weighted by molar-refractivity contribution is 6.33. The number of carbonyl (C=O) groups excluding carboxylic acids is 1.